The number of nitrogens with two attached hydrogens (primary N) is 2. The Hall–Kier alpha value is -5.38. The molecule has 0 unspecified atom stereocenters. The van der Waals surface area contributed by atoms with Gasteiger partial charge in [-0.2, -0.15) is 0 Å². The van der Waals surface area contributed by atoms with Crippen LogP contribution >= 0.6 is 0 Å². The Kier molecular flexibility index (Phi) is 8.29. The molecule has 4 aromatic rings. The summed E-state index contributed by atoms with van der Waals surface area (Å²) in [6, 6.07) is 22.9. The van der Waals surface area contributed by atoms with Gasteiger partial charge in [-0.3, -0.25) is 29.8 Å². The first-order valence-corrected chi connectivity index (χ1v) is 12.4. The van der Waals surface area contributed by atoms with Crippen LogP contribution in [0.2, 0.25) is 0 Å². The lowest BCUT2D eigenvalue weighted by Crippen LogP contribution is -2.18. The van der Waals surface area contributed by atoms with E-state index < -0.39 is 21.7 Å². The maximum Gasteiger partial charge on any atom is 0.269 e. The fourth-order valence-electron chi connectivity index (χ4n) is 4.81. The van der Waals surface area contributed by atoms with Gasteiger partial charge in [0, 0.05) is 35.4 Å². The largest absolute Gasteiger partial charge is 0.366 e. The van der Waals surface area contributed by atoms with Gasteiger partial charge in [0.1, 0.15) is 0 Å². The quantitative estimate of drug-likeness (QED) is 0.207. The molecule has 0 aliphatic rings. The number of amides is 2. The number of nitrogens with zero attached hydrogens (tertiary/aromatic N) is 2. The van der Waals surface area contributed by atoms with Crippen molar-refractivity contribution in [2.45, 2.75) is 25.7 Å². The van der Waals surface area contributed by atoms with Gasteiger partial charge in [0.2, 0.25) is 11.8 Å². The van der Waals surface area contributed by atoms with Crippen molar-refractivity contribution in [1.82, 2.24) is 0 Å². The van der Waals surface area contributed by atoms with Crippen molar-refractivity contribution in [2.24, 2.45) is 11.5 Å². The molecule has 40 heavy (non-hydrogen) atoms. The van der Waals surface area contributed by atoms with Crippen molar-refractivity contribution in [2.75, 3.05) is 0 Å². The van der Waals surface area contributed by atoms with Gasteiger partial charge in [0.25, 0.3) is 11.4 Å². The third-order valence-corrected chi connectivity index (χ3v) is 6.79. The Balaban J connectivity index is 1.67. The predicted molar refractivity (Wildman–Crippen MR) is 149 cm³/mol. The highest BCUT2D eigenvalue weighted by molar-refractivity contribution is 5.95. The molecule has 0 heterocycles. The van der Waals surface area contributed by atoms with E-state index in [1.165, 1.54) is 24.3 Å². The van der Waals surface area contributed by atoms with Gasteiger partial charge in [0.15, 0.2) is 0 Å². The summed E-state index contributed by atoms with van der Waals surface area (Å²) in [5.41, 5.74) is 16.8. The van der Waals surface area contributed by atoms with E-state index >= 15 is 0 Å². The van der Waals surface area contributed by atoms with Crippen LogP contribution in [0.5, 0.6) is 0 Å². The van der Waals surface area contributed by atoms with Crippen LogP contribution in [0.3, 0.4) is 0 Å². The molecular weight excluding hydrogens is 512 g/mol. The van der Waals surface area contributed by atoms with Gasteiger partial charge in [-0.1, -0.05) is 48.5 Å². The van der Waals surface area contributed by atoms with Crippen molar-refractivity contribution >= 4 is 23.2 Å². The molecule has 4 N–H and O–H groups in total. The van der Waals surface area contributed by atoms with Crippen molar-refractivity contribution in [3.63, 3.8) is 0 Å². The van der Waals surface area contributed by atoms with Crippen molar-refractivity contribution in [1.29, 1.82) is 0 Å². The number of primary amides is 2. The first kappa shape index (κ1) is 27.6. The summed E-state index contributed by atoms with van der Waals surface area (Å²) in [4.78, 5) is 45.8. The molecule has 0 radical (unpaired) electrons. The molecule has 0 fully saturated rings. The van der Waals surface area contributed by atoms with E-state index in [4.69, 9.17) is 11.5 Å². The lowest BCUT2D eigenvalue weighted by atomic mass is 9.87. The summed E-state index contributed by atoms with van der Waals surface area (Å²) in [6.07, 6.45) is 1.58. The Morgan fingerprint density at radius 2 is 0.925 bits per heavy atom. The van der Waals surface area contributed by atoms with Crippen LogP contribution in [-0.4, -0.2) is 21.7 Å². The van der Waals surface area contributed by atoms with E-state index in [9.17, 15) is 29.8 Å². The summed E-state index contributed by atoms with van der Waals surface area (Å²) >= 11 is 0. The molecular formula is C30H26N4O6. The van der Waals surface area contributed by atoms with E-state index in [0.717, 1.165) is 22.3 Å². The molecule has 10 nitrogen and oxygen atoms in total. The summed E-state index contributed by atoms with van der Waals surface area (Å²) in [5, 5.41) is 22.0. The molecule has 0 spiro atoms. The number of non-ortho nitro benzene ring substituents is 2. The monoisotopic (exact) mass is 538 g/mol. The van der Waals surface area contributed by atoms with Gasteiger partial charge in [-0.25, -0.2) is 0 Å². The number of carbonyl (C=O) groups is 2. The lowest BCUT2D eigenvalue weighted by Gasteiger charge is -2.17. The second-order valence-corrected chi connectivity index (χ2v) is 9.32. The standard InChI is InChI=1S/C30H26N4O6/c31-29(35)27-5-1-3-21(17-19-7-11-23(12-8-19)33(37)38)25(27)15-16-26-22(4-2-6-28(26)30(32)36)18-20-9-13-24(14-10-20)34(39)40/h1-14H,15-18H2,(H2,31,35)(H2,32,36). The van der Waals surface area contributed by atoms with Gasteiger partial charge in [0.05, 0.1) is 9.85 Å². The SMILES string of the molecule is NC(=O)c1cccc(Cc2ccc([N+](=O)[O-])cc2)c1CCc1c(Cc2ccc([N+](=O)[O-])cc2)cccc1C(N)=O. The second-order valence-electron chi connectivity index (χ2n) is 9.32. The lowest BCUT2D eigenvalue weighted by molar-refractivity contribution is -0.385. The summed E-state index contributed by atoms with van der Waals surface area (Å²) in [5.74, 6) is -1.18. The van der Waals surface area contributed by atoms with Gasteiger partial charge < -0.3 is 11.5 Å². The number of nitro groups is 2. The Bertz CT molecular complexity index is 1480. The molecule has 0 atom stereocenters. The molecule has 202 valence electrons. The minimum atomic E-state index is -0.588. The van der Waals surface area contributed by atoms with Crippen LogP contribution in [0.4, 0.5) is 11.4 Å². The third-order valence-electron chi connectivity index (χ3n) is 6.79. The number of hydrogen-bond donors (Lipinski definition) is 2. The van der Waals surface area contributed by atoms with Crippen LogP contribution in [0.25, 0.3) is 0 Å². The zero-order chi connectivity index (χ0) is 28.8. The number of hydrogen-bond acceptors (Lipinski definition) is 6. The third kappa shape index (κ3) is 6.36. The molecule has 0 aliphatic heterocycles. The molecule has 2 amide bonds. The van der Waals surface area contributed by atoms with Gasteiger partial charge in [-0.15, -0.1) is 0 Å². The highest BCUT2D eigenvalue weighted by atomic mass is 16.6. The van der Waals surface area contributed by atoms with Crippen LogP contribution in [0.15, 0.2) is 84.9 Å². The number of benzene rings is 4. The average molecular weight is 539 g/mol. The number of nitro benzene ring substituents is 2. The normalized spacial score (nSPS) is 10.7. The zero-order valence-electron chi connectivity index (χ0n) is 21.4. The smallest absolute Gasteiger partial charge is 0.269 e. The highest BCUT2D eigenvalue weighted by Crippen LogP contribution is 2.26. The Morgan fingerprint density at radius 1 is 0.575 bits per heavy atom. The fraction of sp³-hybridized carbons (Fsp3) is 0.133. The molecule has 0 saturated heterocycles. The van der Waals surface area contributed by atoms with E-state index in [1.54, 1.807) is 48.5 Å². The Morgan fingerprint density at radius 3 is 1.23 bits per heavy atom. The fourth-order valence-corrected chi connectivity index (χ4v) is 4.81. The van der Waals surface area contributed by atoms with E-state index in [-0.39, 0.29) is 11.4 Å². The van der Waals surface area contributed by atoms with Crippen LogP contribution in [-0.2, 0) is 25.7 Å². The van der Waals surface area contributed by atoms with Crippen LogP contribution in [0, 0.1) is 20.2 Å². The predicted octanol–water partition coefficient (Wildman–Crippen LogP) is 4.67. The van der Waals surface area contributed by atoms with Crippen LogP contribution in [0.1, 0.15) is 54.1 Å². The van der Waals surface area contributed by atoms with Crippen molar-refractivity contribution in [3.8, 4) is 0 Å². The molecule has 0 aromatic heterocycles. The van der Waals surface area contributed by atoms with Gasteiger partial charge >= 0.3 is 0 Å². The molecule has 4 rings (SSSR count). The summed E-state index contributed by atoms with van der Waals surface area (Å²) in [7, 11) is 0. The van der Waals surface area contributed by atoms with E-state index in [1.807, 2.05) is 12.1 Å². The zero-order valence-corrected chi connectivity index (χ0v) is 21.4. The highest BCUT2D eigenvalue weighted by Gasteiger charge is 2.18. The number of rotatable bonds is 11. The average Bonchev–Trinajstić information content (AvgIpc) is 2.93. The topological polar surface area (TPSA) is 172 Å². The molecule has 10 heteroatoms. The molecule has 4 aromatic carbocycles. The summed E-state index contributed by atoms with van der Waals surface area (Å²) < 4.78 is 0. The number of carbonyl (C=O) groups excluding carboxylic acids is 2. The van der Waals surface area contributed by atoms with E-state index in [0.29, 0.717) is 47.9 Å². The first-order valence-electron chi connectivity index (χ1n) is 12.4. The first-order chi connectivity index (χ1) is 19.1. The van der Waals surface area contributed by atoms with Gasteiger partial charge in [-0.05, 0) is 71.2 Å². The molecule has 0 saturated carbocycles. The Labute approximate surface area is 229 Å². The molecule has 0 bridgehead atoms. The van der Waals surface area contributed by atoms with E-state index in [2.05, 4.69) is 0 Å². The van der Waals surface area contributed by atoms with Crippen molar-refractivity contribution in [3.05, 3.63) is 150 Å². The maximum absolute atomic E-state index is 12.3. The molecule has 0 aliphatic carbocycles. The minimum Gasteiger partial charge on any atom is -0.366 e. The van der Waals surface area contributed by atoms with Crippen molar-refractivity contribution < 1.29 is 19.4 Å². The van der Waals surface area contributed by atoms with Crippen LogP contribution < -0.4 is 11.5 Å². The maximum atomic E-state index is 12.3. The minimum absolute atomic E-state index is 0.0153. The summed E-state index contributed by atoms with van der Waals surface area (Å²) in [6.45, 7) is 0. The second kappa shape index (κ2) is 12.0.